The van der Waals surface area contributed by atoms with E-state index >= 15 is 0 Å². The van der Waals surface area contributed by atoms with Crippen LogP contribution in [0.15, 0.2) is 0 Å². The summed E-state index contributed by atoms with van der Waals surface area (Å²) in [5.74, 6) is 0. The van der Waals surface area contributed by atoms with Crippen LogP contribution >= 0.6 is 0 Å². The van der Waals surface area contributed by atoms with E-state index in [9.17, 15) is 0 Å². The van der Waals surface area contributed by atoms with Gasteiger partial charge < -0.3 is 20.4 Å². The number of rotatable bonds is 0. The molecule has 0 aliphatic rings. The maximum atomic E-state index is 8.06. The van der Waals surface area contributed by atoms with Crippen LogP contribution < -0.4 is 0 Å². The second kappa shape index (κ2) is 31.0. The summed E-state index contributed by atoms with van der Waals surface area (Å²) in [5, 5.41) is 32.2. The fourth-order valence-electron chi connectivity index (χ4n) is 0. The van der Waals surface area contributed by atoms with Gasteiger partial charge in [-0.25, -0.2) is 0 Å². The molecule has 0 amide bonds. The van der Waals surface area contributed by atoms with Crippen LogP contribution in [0.1, 0.15) is 55.4 Å². The largest absolute Gasteiger partial charge is 0 e. The minimum absolute atomic E-state index is 0. The molecule has 0 atom stereocenters. The number of aliphatic hydroxyl groups excluding tert-OH is 4. The van der Waals surface area contributed by atoms with Crippen molar-refractivity contribution < 1.29 is 42.1 Å². The monoisotopic (exact) mass is 412 g/mol. The van der Waals surface area contributed by atoms with Gasteiger partial charge in [-0.15, -0.1) is 0 Å². The Morgan fingerprint density at radius 3 is 0.444 bits per heavy atom. The Hall–Kier alpha value is 1.37. The normalized spacial score (nSPS) is 8.00. The summed E-state index contributed by atoms with van der Waals surface area (Å²) in [6.07, 6.45) is -0.667. The molecule has 116 valence electrons. The summed E-state index contributed by atoms with van der Waals surface area (Å²) in [7, 11) is 0. The standard InChI is InChI=1S/4C3H8O.Sb.Ti.3H/c4*1-3(2)4;;;;;/h4*3-4H,1-2H3;;;;;. The van der Waals surface area contributed by atoms with Gasteiger partial charge in [0.2, 0.25) is 0 Å². The van der Waals surface area contributed by atoms with Gasteiger partial charge in [0.15, 0.2) is 0 Å². The molecule has 0 aliphatic carbocycles. The molecule has 0 bridgehead atoms. The summed E-state index contributed by atoms with van der Waals surface area (Å²) in [6, 6.07) is 0. The van der Waals surface area contributed by atoms with Gasteiger partial charge in [0.1, 0.15) is 0 Å². The number of hydrogen-bond donors (Lipinski definition) is 4. The first-order valence-electron chi connectivity index (χ1n) is 5.65. The van der Waals surface area contributed by atoms with E-state index in [2.05, 4.69) is 0 Å². The van der Waals surface area contributed by atoms with Crippen molar-refractivity contribution in [3.8, 4) is 0 Å². The zero-order valence-corrected chi connectivity index (χ0v) is 18.9. The van der Waals surface area contributed by atoms with E-state index in [4.69, 9.17) is 20.4 Å². The van der Waals surface area contributed by atoms with Gasteiger partial charge in [-0.3, -0.25) is 0 Å². The summed E-state index contributed by atoms with van der Waals surface area (Å²) in [6.45, 7) is 13.8. The maximum Gasteiger partial charge on any atom is 0 e. The van der Waals surface area contributed by atoms with Crippen LogP contribution in [0.3, 0.4) is 0 Å². The molecule has 0 unspecified atom stereocenters. The zero-order valence-electron chi connectivity index (χ0n) is 13.3. The second-order valence-electron chi connectivity index (χ2n) is 4.37. The van der Waals surface area contributed by atoms with E-state index in [1.165, 1.54) is 0 Å². The van der Waals surface area contributed by atoms with Crippen LogP contribution in [-0.4, -0.2) is 69.3 Å². The van der Waals surface area contributed by atoms with Crippen molar-refractivity contribution in [2.45, 2.75) is 79.8 Å². The molecule has 0 heterocycles. The van der Waals surface area contributed by atoms with Crippen molar-refractivity contribution in [3.63, 3.8) is 0 Å². The van der Waals surface area contributed by atoms with E-state index < -0.39 is 0 Å². The van der Waals surface area contributed by atoms with Crippen LogP contribution in [0.2, 0.25) is 0 Å². The van der Waals surface area contributed by atoms with Crippen molar-refractivity contribution in [3.05, 3.63) is 0 Å². The van der Waals surface area contributed by atoms with Crippen LogP contribution in [0, 0.1) is 0 Å². The fourth-order valence-corrected chi connectivity index (χ4v) is 0. The minimum Gasteiger partial charge on any atom is 0 e. The fraction of sp³-hybridized carbons (Fsp3) is 1.00. The van der Waals surface area contributed by atoms with E-state index in [0.29, 0.717) is 0 Å². The van der Waals surface area contributed by atoms with Crippen LogP contribution in [0.5, 0.6) is 0 Å². The first kappa shape index (κ1) is 36.6. The SMILES string of the molecule is CC(C)O.CC(C)O.CC(C)O.CC(C)O.[SbH3].[Ti]. The smallest absolute Gasteiger partial charge is 0 e. The predicted molar refractivity (Wildman–Crippen MR) is 79.4 cm³/mol. The average molecular weight is 413 g/mol. The molecule has 6 heteroatoms. The predicted octanol–water partition coefficient (Wildman–Crippen LogP) is 0.362. The first-order valence-corrected chi connectivity index (χ1v) is 5.65. The Kier molecular flexibility index (Phi) is 63.0. The molecule has 0 aromatic carbocycles. The van der Waals surface area contributed by atoms with Gasteiger partial charge in [0, 0.05) is 46.1 Å². The average Bonchev–Trinajstić information content (AvgIpc) is 1.76. The van der Waals surface area contributed by atoms with Crippen molar-refractivity contribution in [2.24, 2.45) is 0 Å². The molecule has 4 nitrogen and oxygen atoms in total. The summed E-state index contributed by atoms with van der Waals surface area (Å²) < 4.78 is 0. The molecule has 0 radical (unpaired) electrons. The van der Waals surface area contributed by atoms with Crippen molar-refractivity contribution in [1.82, 2.24) is 0 Å². The molecule has 0 aromatic rings. The van der Waals surface area contributed by atoms with Crippen molar-refractivity contribution in [2.75, 3.05) is 0 Å². The summed E-state index contributed by atoms with van der Waals surface area (Å²) >= 11 is 0. The van der Waals surface area contributed by atoms with Gasteiger partial charge in [-0.2, -0.15) is 0 Å². The first-order chi connectivity index (χ1) is 6.93. The van der Waals surface area contributed by atoms with E-state index in [0.717, 1.165) is 0 Å². The molecule has 0 saturated heterocycles. The molecule has 0 spiro atoms. The van der Waals surface area contributed by atoms with Crippen LogP contribution in [-0.2, 0) is 21.7 Å². The van der Waals surface area contributed by atoms with E-state index in [1.54, 1.807) is 55.4 Å². The quantitative estimate of drug-likeness (QED) is 0.433. The Balaban J connectivity index is -0.0000000257. The molecular weight excluding hydrogens is 378 g/mol. The Labute approximate surface area is 146 Å². The third kappa shape index (κ3) is 2470. The summed E-state index contributed by atoms with van der Waals surface area (Å²) in [5.41, 5.74) is 0. The molecule has 0 saturated carbocycles. The molecular formula is C12H35O4SbTi. The van der Waals surface area contributed by atoms with Gasteiger partial charge in [0.05, 0.1) is 0 Å². The summed E-state index contributed by atoms with van der Waals surface area (Å²) in [4.78, 5) is 0. The molecule has 18 heavy (non-hydrogen) atoms. The van der Waals surface area contributed by atoms with Gasteiger partial charge in [-0.1, -0.05) is 0 Å². The van der Waals surface area contributed by atoms with Crippen molar-refractivity contribution in [1.29, 1.82) is 0 Å². The van der Waals surface area contributed by atoms with Gasteiger partial charge in [-0.05, 0) is 55.4 Å². The number of aliphatic hydroxyl groups is 4. The van der Waals surface area contributed by atoms with Gasteiger partial charge >= 0.3 is 24.4 Å². The van der Waals surface area contributed by atoms with Crippen molar-refractivity contribution >= 4 is 24.4 Å². The van der Waals surface area contributed by atoms with Crippen LogP contribution in [0.25, 0.3) is 0 Å². The minimum atomic E-state index is -0.167. The molecule has 0 aromatic heterocycles. The van der Waals surface area contributed by atoms with E-state index in [-0.39, 0.29) is 70.6 Å². The maximum absolute atomic E-state index is 8.06. The molecule has 0 fully saturated rings. The van der Waals surface area contributed by atoms with Gasteiger partial charge in [0.25, 0.3) is 0 Å². The van der Waals surface area contributed by atoms with Crippen LogP contribution in [0.4, 0.5) is 0 Å². The number of hydrogen-bond acceptors (Lipinski definition) is 4. The Bertz CT molecular complexity index is 67.1. The Morgan fingerprint density at radius 2 is 0.444 bits per heavy atom. The zero-order chi connectivity index (χ0) is 14.3. The Morgan fingerprint density at radius 1 is 0.444 bits per heavy atom. The second-order valence-corrected chi connectivity index (χ2v) is 4.37. The third-order valence-electron chi connectivity index (χ3n) is 0. The molecule has 0 rings (SSSR count). The topological polar surface area (TPSA) is 80.9 Å². The molecule has 0 aliphatic heterocycles. The third-order valence-corrected chi connectivity index (χ3v) is 0. The van der Waals surface area contributed by atoms with E-state index in [1.807, 2.05) is 0 Å². The molecule has 4 N–H and O–H groups in total.